The van der Waals surface area contributed by atoms with Gasteiger partial charge in [-0.25, -0.2) is 0 Å². The Bertz CT molecular complexity index is 389. The van der Waals surface area contributed by atoms with Gasteiger partial charge in [-0.2, -0.15) is 0 Å². The number of rotatable bonds is 5. The summed E-state index contributed by atoms with van der Waals surface area (Å²) in [6.45, 7) is 1.81. The van der Waals surface area contributed by atoms with Crippen LogP contribution in [0.15, 0.2) is 18.2 Å². The first-order valence-electron chi connectivity index (χ1n) is 5.47. The van der Waals surface area contributed by atoms with Gasteiger partial charge in [0.05, 0.1) is 19.8 Å². The van der Waals surface area contributed by atoms with Gasteiger partial charge in [0, 0.05) is 17.3 Å². The fourth-order valence-electron chi connectivity index (χ4n) is 1.42. The van der Waals surface area contributed by atoms with E-state index >= 15 is 0 Å². The number of ether oxygens (including phenoxy) is 1. The number of benzene rings is 1. The van der Waals surface area contributed by atoms with Crippen molar-refractivity contribution in [3.8, 4) is 5.75 Å². The van der Waals surface area contributed by atoms with E-state index in [2.05, 4.69) is 5.32 Å². The monoisotopic (exact) mass is 238 g/mol. The number of amides is 1. The smallest absolute Gasteiger partial charge is 0.251 e. The molecule has 0 aliphatic rings. The molecule has 0 bridgehead atoms. The summed E-state index contributed by atoms with van der Waals surface area (Å²) in [4.78, 5) is 11.9. The van der Waals surface area contributed by atoms with Gasteiger partial charge in [-0.1, -0.05) is 6.92 Å². The summed E-state index contributed by atoms with van der Waals surface area (Å²) in [6, 6.07) is 4.58. The van der Waals surface area contributed by atoms with Gasteiger partial charge < -0.3 is 20.9 Å². The molecule has 1 aromatic carbocycles. The highest BCUT2D eigenvalue weighted by molar-refractivity contribution is 5.95. The molecule has 0 aromatic heterocycles. The molecule has 0 fully saturated rings. The lowest BCUT2D eigenvalue weighted by Gasteiger charge is -2.14. The molecule has 0 spiro atoms. The van der Waals surface area contributed by atoms with E-state index in [1.165, 1.54) is 7.11 Å². The van der Waals surface area contributed by atoms with Crippen LogP contribution in [0.1, 0.15) is 23.7 Å². The number of hydrogen-bond donors (Lipinski definition) is 3. The molecule has 1 aromatic rings. The fourth-order valence-corrected chi connectivity index (χ4v) is 1.42. The minimum absolute atomic E-state index is 0.0817. The Morgan fingerprint density at radius 3 is 2.76 bits per heavy atom. The highest BCUT2D eigenvalue weighted by Crippen LogP contribution is 2.18. The summed E-state index contributed by atoms with van der Waals surface area (Å²) >= 11 is 0. The van der Waals surface area contributed by atoms with E-state index in [0.717, 1.165) is 0 Å². The Kier molecular flexibility index (Phi) is 4.78. The topological polar surface area (TPSA) is 84.6 Å². The molecular formula is C12H18N2O3. The van der Waals surface area contributed by atoms with Crippen LogP contribution in [0.25, 0.3) is 0 Å². The number of nitrogens with one attached hydrogen (secondary N) is 1. The Labute approximate surface area is 101 Å². The molecule has 0 saturated carbocycles. The Balaban J connectivity index is 2.84. The first kappa shape index (κ1) is 13.3. The van der Waals surface area contributed by atoms with Gasteiger partial charge in [0.1, 0.15) is 5.75 Å². The molecule has 0 aliphatic heterocycles. The van der Waals surface area contributed by atoms with E-state index < -0.39 is 0 Å². The second kappa shape index (κ2) is 6.10. The van der Waals surface area contributed by atoms with Crippen LogP contribution in [0.3, 0.4) is 0 Å². The lowest BCUT2D eigenvalue weighted by Crippen LogP contribution is -2.36. The third-order valence-corrected chi connectivity index (χ3v) is 2.48. The largest absolute Gasteiger partial charge is 0.497 e. The zero-order chi connectivity index (χ0) is 12.8. The average molecular weight is 238 g/mol. The number of aliphatic hydroxyl groups is 1. The molecule has 0 radical (unpaired) electrons. The van der Waals surface area contributed by atoms with Crippen LogP contribution in [-0.4, -0.2) is 30.8 Å². The van der Waals surface area contributed by atoms with E-state index in [1.807, 2.05) is 6.92 Å². The summed E-state index contributed by atoms with van der Waals surface area (Å²) in [5.74, 6) is 0.267. The third-order valence-electron chi connectivity index (χ3n) is 2.48. The molecule has 5 heteroatoms. The number of nitrogens with two attached hydrogens (primary N) is 1. The number of aliphatic hydroxyl groups excluding tert-OH is 1. The lowest BCUT2D eigenvalue weighted by molar-refractivity contribution is 0.0914. The number of carbonyl (C=O) groups excluding carboxylic acids is 1. The first-order valence-corrected chi connectivity index (χ1v) is 5.47. The van der Waals surface area contributed by atoms with Gasteiger partial charge in [0.15, 0.2) is 0 Å². The highest BCUT2D eigenvalue weighted by atomic mass is 16.5. The Hall–Kier alpha value is -1.75. The molecule has 0 saturated heterocycles. The van der Waals surface area contributed by atoms with E-state index in [9.17, 15) is 4.79 Å². The number of hydrogen-bond acceptors (Lipinski definition) is 4. The molecule has 0 aliphatic carbocycles. The normalized spacial score (nSPS) is 11.9. The summed E-state index contributed by atoms with van der Waals surface area (Å²) in [5.41, 5.74) is 6.55. The summed E-state index contributed by atoms with van der Waals surface area (Å²) in [5, 5.41) is 11.7. The maximum absolute atomic E-state index is 11.9. The summed E-state index contributed by atoms with van der Waals surface area (Å²) in [7, 11) is 1.51. The SMILES string of the molecule is CC[C@@H](CO)NC(=O)c1cc(N)cc(OC)c1. The van der Waals surface area contributed by atoms with Crippen molar-refractivity contribution in [2.45, 2.75) is 19.4 Å². The lowest BCUT2D eigenvalue weighted by atomic mass is 10.1. The zero-order valence-electron chi connectivity index (χ0n) is 10.1. The molecular weight excluding hydrogens is 220 g/mol. The van der Waals surface area contributed by atoms with E-state index in [1.54, 1.807) is 18.2 Å². The molecule has 1 atom stereocenters. The quantitative estimate of drug-likeness (QED) is 0.662. The van der Waals surface area contributed by atoms with Crippen LogP contribution in [0.5, 0.6) is 5.75 Å². The predicted molar refractivity (Wildman–Crippen MR) is 66.0 cm³/mol. The minimum Gasteiger partial charge on any atom is -0.497 e. The molecule has 5 nitrogen and oxygen atoms in total. The summed E-state index contributed by atoms with van der Waals surface area (Å²) < 4.78 is 5.03. The Morgan fingerprint density at radius 1 is 1.53 bits per heavy atom. The van der Waals surface area contributed by atoms with Crippen molar-refractivity contribution in [3.63, 3.8) is 0 Å². The standard InChI is InChI=1S/C12H18N2O3/c1-3-10(7-15)14-12(16)8-4-9(13)6-11(5-8)17-2/h4-6,10,15H,3,7,13H2,1-2H3,(H,14,16)/t10-/m0/s1. The van der Waals surface area contributed by atoms with Crippen LogP contribution in [0.2, 0.25) is 0 Å². The van der Waals surface area contributed by atoms with Crippen LogP contribution in [-0.2, 0) is 0 Å². The minimum atomic E-state index is -0.267. The van der Waals surface area contributed by atoms with Crippen LogP contribution >= 0.6 is 0 Å². The number of nitrogen functional groups attached to an aromatic ring is 1. The van der Waals surface area contributed by atoms with Crippen molar-refractivity contribution in [2.24, 2.45) is 0 Å². The highest BCUT2D eigenvalue weighted by Gasteiger charge is 2.12. The van der Waals surface area contributed by atoms with E-state index in [-0.39, 0.29) is 18.6 Å². The maximum atomic E-state index is 11.9. The summed E-state index contributed by atoms with van der Waals surface area (Å²) in [6.07, 6.45) is 0.668. The van der Waals surface area contributed by atoms with Crippen molar-refractivity contribution < 1.29 is 14.6 Å². The van der Waals surface area contributed by atoms with Gasteiger partial charge in [0.2, 0.25) is 0 Å². The number of anilines is 1. The van der Waals surface area contributed by atoms with Crippen LogP contribution in [0.4, 0.5) is 5.69 Å². The van der Waals surface area contributed by atoms with Crippen LogP contribution < -0.4 is 15.8 Å². The van der Waals surface area contributed by atoms with Crippen molar-refractivity contribution in [3.05, 3.63) is 23.8 Å². The van der Waals surface area contributed by atoms with Crippen LogP contribution in [0, 0.1) is 0 Å². The van der Waals surface area contributed by atoms with Gasteiger partial charge in [-0.15, -0.1) is 0 Å². The molecule has 0 heterocycles. The molecule has 17 heavy (non-hydrogen) atoms. The molecule has 1 rings (SSSR count). The van der Waals surface area contributed by atoms with Gasteiger partial charge in [-0.3, -0.25) is 4.79 Å². The maximum Gasteiger partial charge on any atom is 0.251 e. The predicted octanol–water partition coefficient (Wildman–Crippen LogP) is 0.778. The molecule has 0 unspecified atom stereocenters. The van der Waals surface area contributed by atoms with Gasteiger partial charge in [0.25, 0.3) is 5.91 Å². The van der Waals surface area contributed by atoms with Crippen molar-refractivity contribution in [1.82, 2.24) is 5.32 Å². The Morgan fingerprint density at radius 2 is 2.24 bits per heavy atom. The second-order valence-electron chi connectivity index (χ2n) is 3.76. The first-order chi connectivity index (χ1) is 8.10. The van der Waals surface area contributed by atoms with Crippen molar-refractivity contribution >= 4 is 11.6 Å². The van der Waals surface area contributed by atoms with E-state index in [0.29, 0.717) is 23.4 Å². The van der Waals surface area contributed by atoms with Gasteiger partial charge >= 0.3 is 0 Å². The zero-order valence-corrected chi connectivity index (χ0v) is 10.1. The molecule has 94 valence electrons. The average Bonchev–Trinajstić information content (AvgIpc) is 2.34. The third kappa shape index (κ3) is 3.64. The van der Waals surface area contributed by atoms with Crippen molar-refractivity contribution in [1.29, 1.82) is 0 Å². The van der Waals surface area contributed by atoms with Gasteiger partial charge in [-0.05, 0) is 18.6 Å². The molecule has 4 N–H and O–H groups in total. The molecule has 1 amide bonds. The van der Waals surface area contributed by atoms with Crippen molar-refractivity contribution in [2.75, 3.05) is 19.5 Å². The number of methoxy groups -OCH3 is 1. The fraction of sp³-hybridized carbons (Fsp3) is 0.417. The van der Waals surface area contributed by atoms with E-state index in [4.69, 9.17) is 15.6 Å². The second-order valence-corrected chi connectivity index (χ2v) is 3.76. The number of carbonyl (C=O) groups is 1.